The zero-order valence-electron chi connectivity index (χ0n) is 15.6. The average molecular weight is 437 g/mol. The third-order valence-corrected chi connectivity index (χ3v) is 5.09. The molecule has 10 heteroatoms. The van der Waals surface area contributed by atoms with Gasteiger partial charge < -0.3 is 19.9 Å². The number of halogens is 3. The highest BCUT2D eigenvalue weighted by atomic mass is 32.1. The summed E-state index contributed by atoms with van der Waals surface area (Å²) < 4.78 is 51.2. The number of amides is 1. The highest BCUT2D eigenvalue weighted by Crippen LogP contribution is 2.37. The minimum atomic E-state index is -1.57. The molecule has 2 N–H and O–H groups in total. The molecule has 0 fully saturated rings. The van der Waals surface area contributed by atoms with Crippen LogP contribution in [0.25, 0.3) is 11.1 Å². The Kier molecular flexibility index (Phi) is 5.97. The number of aromatic carboxylic acids is 1. The number of hydrogen-bond donors (Lipinski definition) is 2. The summed E-state index contributed by atoms with van der Waals surface area (Å²) in [6.45, 7) is 0. The minimum absolute atomic E-state index is 0.0959. The van der Waals surface area contributed by atoms with E-state index in [0.717, 1.165) is 18.4 Å². The van der Waals surface area contributed by atoms with E-state index in [1.165, 1.54) is 12.5 Å². The van der Waals surface area contributed by atoms with E-state index < -0.39 is 40.6 Å². The summed E-state index contributed by atoms with van der Waals surface area (Å²) in [6.07, 6.45) is 0. The van der Waals surface area contributed by atoms with E-state index in [1.807, 2.05) is 0 Å². The highest BCUT2D eigenvalue weighted by molar-refractivity contribution is 7.15. The lowest BCUT2D eigenvalue weighted by atomic mass is 10.0. The summed E-state index contributed by atoms with van der Waals surface area (Å²) in [5.41, 5.74) is -0.200. The lowest BCUT2D eigenvalue weighted by Gasteiger charge is -2.10. The maximum absolute atomic E-state index is 14.4. The Labute approximate surface area is 172 Å². The van der Waals surface area contributed by atoms with E-state index in [4.69, 9.17) is 4.74 Å². The van der Waals surface area contributed by atoms with Crippen LogP contribution in [-0.2, 0) is 0 Å². The lowest BCUT2D eigenvalue weighted by molar-refractivity contribution is 0.0699. The van der Waals surface area contributed by atoms with Gasteiger partial charge in [-0.1, -0.05) is 12.1 Å². The SMILES string of the molecule is COc1ccc(-c2csc(NC(=O)c3cc(F)c(F)c(OC)c3F)c2C(=O)O)cc1. The summed E-state index contributed by atoms with van der Waals surface area (Å²) in [5, 5.41) is 13.3. The van der Waals surface area contributed by atoms with Crippen molar-refractivity contribution in [2.24, 2.45) is 0 Å². The molecule has 156 valence electrons. The molecule has 0 atom stereocenters. The van der Waals surface area contributed by atoms with Crippen LogP contribution in [-0.4, -0.2) is 31.2 Å². The molecular formula is C20H14F3NO5S. The fraction of sp³-hybridized carbons (Fsp3) is 0.100. The largest absolute Gasteiger partial charge is 0.497 e. The van der Waals surface area contributed by atoms with Gasteiger partial charge in [0.15, 0.2) is 17.4 Å². The molecule has 1 aromatic heterocycles. The predicted octanol–water partition coefficient (Wildman–Crippen LogP) is 4.80. The second-order valence-electron chi connectivity index (χ2n) is 5.91. The first-order valence-corrected chi connectivity index (χ1v) is 9.18. The number of ether oxygens (including phenoxy) is 2. The van der Waals surface area contributed by atoms with E-state index in [0.29, 0.717) is 22.9 Å². The molecule has 0 radical (unpaired) electrons. The van der Waals surface area contributed by atoms with Crippen LogP contribution in [0.2, 0.25) is 0 Å². The molecule has 6 nitrogen and oxygen atoms in total. The zero-order chi connectivity index (χ0) is 22.0. The lowest BCUT2D eigenvalue weighted by Crippen LogP contribution is -2.16. The number of nitrogens with one attached hydrogen (secondary N) is 1. The first kappa shape index (κ1) is 21.2. The summed E-state index contributed by atoms with van der Waals surface area (Å²) >= 11 is 0.890. The van der Waals surface area contributed by atoms with Gasteiger partial charge in [0.1, 0.15) is 16.3 Å². The van der Waals surface area contributed by atoms with Gasteiger partial charge in [0.25, 0.3) is 5.91 Å². The molecule has 0 saturated carbocycles. The molecule has 0 bridgehead atoms. The molecule has 30 heavy (non-hydrogen) atoms. The number of carbonyl (C=O) groups is 2. The third kappa shape index (κ3) is 3.81. The summed E-state index contributed by atoms with van der Waals surface area (Å²) in [5.74, 6) is -7.43. The van der Waals surface area contributed by atoms with Crippen molar-refractivity contribution >= 4 is 28.2 Å². The van der Waals surface area contributed by atoms with E-state index in [1.54, 1.807) is 24.3 Å². The molecule has 0 unspecified atom stereocenters. The second kappa shape index (κ2) is 8.46. The van der Waals surface area contributed by atoms with Crippen LogP contribution < -0.4 is 14.8 Å². The quantitative estimate of drug-likeness (QED) is 0.541. The van der Waals surface area contributed by atoms with Crippen LogP contribution in [0.3, 0.4) is 0 Å². The number of thiophene rings is 1. The second-order valence-corrected chi connectivity index (χ2v) is 6.79. The predicted molar refractivity (Wildman–Crippen MR) is 104 cm³/mol. The van der Waals surface area contributed by atoms with Crippen molar-refractivity contribution in [3.05, 3.63) is 64.3 Å². The van der Waals surface area contributed by atoms with E-state index in [9.17, 15) is 27.9 Å². The Hall–Kier alpha value is -3.53. The first-order chi connectivity index (χ1) is 14.3. The number of rotatable bonds is 6. The Bertz CT molecular complexity index is 1130. The van der Waals surface area contributed by atoms with Gasteiger partial charge in [-0.2, -0.15) is 4.39 Å². The van der Waals surface area contributed by atoms with Gasteiger partial charge in [0, 0.05) is 10.9 Å². The van der Waals surface area contributed by atoms with Crippen molar-refractivity contribution in [2.75, 3.05) is 19.5 Å². The maximum atomic E-state index is 14.4. The topological polar surface area (TPSA) is 84.9 Å². The van der Waals surface area contributed by atoms with Crippen molar-refractivity contribution in [1.82, 2.24) is 0 Å². The fourth-order valence-corrected chi connectivity index (χ4v) is 3.70. The number of anilines is 1. The van der Waals surface area contributed by atoms with Gasteiger partial charge in [-0.15, -0.1) is 11.3 Å². The van der Waals surface area contributed by atoms with Crippen LogP contribution >= 0.6 is 11.3 Å². The van der Waals surface area contributed by atoms with E-state index in [-0.39, 0.29) is 10.6 Å². The van der Waals surface area contributed by atoms with Crippen molar-refractivity contribution in [3.63, 3.8) is 0 Å². The van der Waals surface area contributed by atoms with Crippen LogP contribution in [0.4, 0.5) is 18.2 Å². The molecule has 0 aliphatic heterocycles. The Morgan fingerprint density at radius 3 is 2.27 bits per heavy atom. The molecule has 2 aromatic carbocycles. The molecule has 0 aliphatic rings. The smallest absolute Gasteiger partial charge is 0.339 e. The van der Waals surface area contributed by atoms with Gasteiger partial charge in [0.05, 0.1) is 19.8 Å². The summed E-state index contributed by atoms with van der Waals surface area (Å²) in [4.78, 5) is 24.3. The van der Waals surface area contributed by atoms with Crippen LogP contribution in [0, 0.1) is 17.5 Å². The number of benzene rings is 2. The van der Waals surface area contributed by atoms with Gasteiger partial charge in [-0.3, -0.25) is 4.79 Å². The molecule has 0 spiro atoms. The number of carbonyl (C=O) groups excluding carboxylic acids is 1. The Balaban J connectivity index is 2.00. The van der Waals surface area contributed by atoms with Crippen LogP contribution in [0.5, 0.6) is 11.5 Å². The van der Waals surface area contributed by atoms with Gasteiger partial charge in [-0.25, -0.2) is 13.6 Å². The molecule has 1 amide bonds. The minimum Gasteiger partial charge on any atom is -0.497 e. The van der Waals surface area contributed by atoms with E-state index in [2.05, 4.69) is 10.1 Å². The average Bonchev–Trinajstić information content (AvgIpc) is 3.15. The number of carboxylic acid groups (broad SMARTS) is 1. The van der Waals surface area contributed by atoms with Crippen LogP contribution in [0.15, 0.2) is 35.7 Å². The van der Waals surface area contributed by atoms with Crippen molar-refractivity contribution in [3.8, 4) is 22.6 Å². The fourth-order valence-electron chi connectivity index (χ4n) is 2.74. The Morgan fingerprint density at radius 2 is 1.70 bits per heavy atom. The summed E-state index contributed by atoms with van der Waals surface area (Å²) in [7, 11) is 2.41. The number of carboxylic acids is 1. The molecule has 0 saturated heterocycles. The van der Waals surface area contributed by atoms with Crippen molar-refractivity contribution in [1.29, 1.82) is 0 Å². The van der Waals surface area contributed by atoms with Gasteiger partial charge in [-0.05, 0) is 23.8 Å². The first-order valence-electron chi connectivity index (χ1n) is 8.30. The zero-order valence-corrected chi connectivity index (χ0v) is 16.4. The normalized spacial score (nSPS) is 10.6. The highest BCUT2D eigenvalue weighted by Gasteiger charge is 2.26. The maximum Gasteiger partial charge on any atom is 0.339 e. The Morgan fingerprint density at radius 1 is 1.03 bits per heavy atom. The van der Waals surface area contributed by atoms with Crippen molar-refractivity contribution in [2.45, 2.75) is 0 Å². The molecule has 0 aliphatic carbocycles. The monoisotopic (exact) mass is 437 g/mol. The standard InChI is InChI=1S/C20H14F3NO5S/c1-28-10-5-3-9(4-6-10)12-8-30-19(14(12)20(26)27)24-18(25)11-7-13(21)16(23)17(29-2)15(11)22/h3-8H,1-2H3,(H,24,25)(H,26,27). The molecule has 3 aromatic rings. The third-order valence-electron chi connectivity index (χ3n) is 4.20. The number of methoxy groups -OCH3 is 2. The van der Waals surface area contributed by atoms with Gasteiger partial charge in [0.2, 0.25) is 5.82 Å². The van der Waals surface area contributed by atoms with Crippen molar-refractivity contribution < 1.29 is 37.3 Å². The van der Waals surface area contributed by atoms with Gasteiger partial charge >= 0.3 is 5.97 Å². The van der Waals surface area contributed by atoms with Crippen LogP contribution in [0.1, 0.15) is 20.7 Å². The molecule has 1 heterocycles. The number of hydrogen-bond acceptors (Lipinski definition) is 5. The molecular weight excluding hydrogens is 423 g/mol. The molecule has 3 rings (SSSR count). The summed E-state index contributed by atoms with van der Waals surface area (Å²) in [6, 6.07) is 6.93. The van der Waals surface area contributed by atoms with E-state index >= 15 is 0 Å².